The van der Waals surface area contributed by atoms with Crippen LogP contribution in [0.15, 0.2) is 42.5 Å². The van der Waals surface area contributed by atoms with Crippen molar-refractivity contribution in [2.75, 3.05) is 32.8 Å². The number of carbonyl (C=O) groups excluding carboxylic acids is 2. The van der Waals surface area contributed by atoms with Gasteiger partial charge in [0.25, 0.3) is 11.8 Å². The Morgan fingerprint density at radius 2 is 1.63 bits per heavy atom. The number of para-hydroxylation sites is 1. The summed E-state index contributed by atoms with van der Waals surface area (Å²) in [6.07, 6.45) is 0. The number of rotatable bonds is 6. The van der Waals surface area contributed by atoms with Gasteiger partial charge in [-0.2, -0.15) is 8.78 Å². The Balaban J connectivity index is 1.54. The maximum Gasteiger partial charge on any atom is 0.387 e. The molecule has 1 heterocycles. The van der Waals surface area contributed by atoms with Gasteiger partial charge < -0.3 is 19.3 Å². The first-order chi connectivity index (χ1) is 14.3. The van der Waals surface area contributed by atoms with Crippen LogP contribution in [0.5, 0.6) is 11.5 Å². The summed E-state index contributed by atoms with van der Waals surface area (Å²) in [6.45, 7) is 2.12. The molecule has 1 aliphatic heterocycles. The van der Waals surface area contributed by atoms with E-state index in [1.165, 1.54) is 23.1 Å². The summed E-state index contributed by atoms with van der Waals surface area (Å²) in [6, 6.07) is 11.7. The average molecular weight is 418 g/mol. The van der Waals surface area contributed by atoms with Crippen molar-refractivity contribution in [2.24, 2.45) is 0 Å². The van der Waals surface area contributed by atoms with Crippen molar-refractivity contribution in [3.05, 3.63) is 59.2 Å². The summed E-state index contributed by atoms with van der Waals surface area (Å²) in [5.41, 5.74) is 2.16. The molecule has 0 spiro atoms. The summed E-state index contributed by atoms with van der Waals surface area (Å²) in [5.74, 6) is -0.0512. The van der Waals surface area contributed by atoms with E-state index in [1.54, 1.807) is 11.0 Å². The highest BCUT2D eigenvalue weighted by Crippen LogP contribution is 2.23. The van der Waals surface area contributed by atoms with Crippen LogP contribution < -0.4 is 9.47 Å². The van der Waals surface area contributed by atoms with E-state index >= 15 is 0 Å². The molecule has 0 unspecified atom stereocenters. The minimum atomic E-state index is -3.01. The van der Waals surface area contributed by atoms with E-state index in [1.807, 2.05) is 32.0 Å². The van der Waals surface area contributed by atoms with Gasteiger partial charge in [-0.05, 0) is 37.6 Å². The lowest BCUT2D eigenvalue weighted by Gasteiger charge is -2.35. The number of piperazine rings is 1. The van der Waals surface area contributed by atoms with Crippen molar-refractivity contribution in [3.63, 3.8) is 0 Å². The van der Waals surface area contributed by atoms with E-state index in [9.17, 15) is 18.4 Å². The van der Waals surface area contributed by atoms with Crippen LogP contribution in [0, 0.1) is 13.8 Å². The van der Waals surface area contributed by atoms with Crippen LogP contribution in [0.1, 0.15) is 21.5 Å². The largest absolute Gasteiger partial charge is 0.484 e. The SMILES string of the molecule is Cc1ccc(OCC(=O)N2CCN(C(=O)c3ccccc3OC(F)F)CC2)c(C)c1. The highest BCUT2D eigenvalue weighted by molar-refractivity contribution is 5.97. The van der Waals surface area contributed by atoms with Gasteiger partial charge >= 0.3 is 6.61 Å². The van der Waals surface area contributed by atoms with Crippen LogP contribution >= 0.6 is 0 Å². The standard InChI is InChI=1S/C22H24F2N2O4/c1-15-7-8-18(16(2)13-15)29-14-20(27)25-9-11-26(12-10-25)21(28)17-5-3-4-6-19(17)30-22(23)24/h3-8,13,22H,9-12,14H2,1-2H3. The molecular weight excluding hydrogens is 394 g/mol. The molecule has 1 aliphatic rings. The maximum atomic E-state index is 12.7. The molecule has 0 aromatic heterocycles. The topological polar surface area (TPSA) is 59.1 Å². The molecule has 1 saturated heterocycles. The van der Waals surface area contributed by atoms with Gasteiger partial charge in [-0.15, -0.1) is 0 Å². The molecule has 30 heavy (non-hydrogen) atoms. The van der Waals surface area contributed by atoms with E-state index in [-0.39, 0.29) is 23.8 Å². The fourth-order valence-electron chi connectivity index (χ4n) is 3.36. The van der Waals surface area contributed by atoms with Gasteiger partial charge in [0.05, 0.1) is 5.56 Å². The van der Waals surface area contributed by atoms with Crippen molar-refractivity contribution in [1.29, 1.82) is 0 Å². The summed E-state index contributed by atoms with van der Waals surface area (Å²) >= 11 is 0. The summed E-state index contributed by atoms with van der Waals surface area (Å²) in [7, 11) is 0. The molecule has 0 atom stereocenters. The molecule has 6 nitrogen and oxygen atoms in total. The first-order valence-electron chi connectivity index (χ1n) is 9.66. The molecule has 0 aliphatic carbocycles. The fourth-order valence-corrected chi connectivity index (χ4v) is 3.36. The monoisotopic (exact) mass is 418 g/mol. The molecule has 0 bridgehead atoms. The van der Waals surface area contributed by atoms with E-state index in [0.29, 0.717) is 31.9 Å². The zero-order chi connectivity index (χ0) is 21.7. The predicted octanol–water partition coefficient (Wildman–Crippen LogP) is 3.27. The number of benzene rings is 2. The Hall–Kier alpha value is -3.16. The van der Waals surface area contributed by atoms with Gasteiger partial charge in [-0.25, -0.2) is 0 Å². The lowest BCUT2D eigenvalue weighted by atomic mass is 10.1. The number of amides is 2. The number of alkyl halides is 2. The molecule has 8 heteroatoms. The third kappa shape index (κ3) is 5.25. The Morgan fingerprint density at radius 3 is 2.30 bits per heavy atom. The Kier molecular flexibility index (Phi) is 6.87. The highest BCUT2D eigenvalue weighted by Gasteiger charge is 2.27. The third-order valence-corrected chi connectivity index (χ3v) is 4.93. The number of hydrogen-bond acceptors (Lipinski definition) is 4. The fraction of sp³-hybridized carbons (Fsp3) is 0.364. The van der Waals surface area contributed by atoms with Crippen molar-refractivity contribution in [3.8, 4) is 11.5 Å². The first kappa shape index (κ1) is 21.5. The number of aryl methyl sites for hydroxylation is 2. The average Bonchev–Trinajstić information content (AvgIpc) is 2.72. The van der Waals surface area contributed by atoms with Gasteiger partial charge in [0.1, 0.15) is 11.5 Å². The van der Waals surface area contributed by atoms with Crippen LogP contribution in [0.25, 0.3) is 0 Å². The van der Waals surface area contributed by atoms with Crippen molar-refractivity contribution >= 4 is 11.8 Å². The number of nitrogens with zero attached hydrogens (tertiary/aromatic N) is 2. The first-order valence-corrected chi connectivity index (χ1v) is 9.66. The summed E-state index contributed by atoms with van der Waals surface area (Å²) < 4.78 is 35.3. The third-order valence-electron chi connectivity index (χ3n) is 4.93. The molecule has 2 aromatic carbocycles. The van der Waals surface area contributed by atoms with Gasteiger partial charge in [-0.1, -0.05) is 29.8 Å². The minimum Gasteiger partial charge on any atom is -0.484 e. The second-order valence-corrected chi connectivity index (χ2v) is 7.11. The van der Waals surface area contributed by atoms with Gasteiger partial charge in [0, 0.05) is 26.2 Å². The minimum absolute atomic E-state index is 0.0794. The van der Waals surface area contributed by atoms with E-state index in [0.717, 1.165) is 11.1 Å². The van der Waals surface area contributed by atoms with Crippen LogP contribution in [-0.4, -0.2) is 61.0 Å². The maximum absolute atomic E-state index is 12.7. The van der Waals surface area contributed by atoms with Crippen molar-refractivity contribution < 1.29 is 27.8 Å². The quantitative estimate of drug-likeness (QED) is 0.723. The highest BCUT2D eigenvalue weighted by atomic mass is 19.3. The molecule has 0 saturated carbocycles. The lowest BCUT2D eigenvalue weighted by Crippen LogP contribution is -2.51. The van der Waals surface area contributed by atoms with Gasteiger partial charge in [0.15, 0.2) is 6.61 Å². The Morgan fingerprint density at radius 1 is 0.967 bits per heavy atom. The lowest BCUT2D eigenvalue weighted by molar-refractivity contribution is -0.134. The van der Waals surface area contributed by atoms with Gasteiger partial charge in [0.2, 0.25) is 0 Å². The predicted molar refractivity (Wildman–Crippen MR) is 107 cm³/mol. The van der Waals surface area contributed by atoms with Crippen LogP contribution in [0.3, 0.4) is 0 Å². The number of carbonyl (C=O) groups is 2. The van der Waals surface area contributed by atoms with Gasteiger partial charge in [-0.3, -0.25) is 9.59 Å². The number of hydrogen-bond donors (Lipinski definition) is 0. The van der Waals surface area contributed by atoms with Crippen LogP contribution in [-0.2, 0) is 4.79 Å². The molecule has 0 N–H and O–H groups in total. The normalized spacial score (nSPS) is 14.0. The molecule has 160 valence electrons. The Labute approximate surface area is 174 Å². The van der Waals surface area contributed by atoms with E-state index in [2.05, 4.69) is 4.74 Å². The molecule has 1 fully saturated rings. The molecule has 0 radical (unpaired) electrons. The zero-order valence-corrected chi connectivity index (χ0v) is 16.9. The molecule has 2 aromatic rings. The number of ether oxygens (including phenoxy) is 2. The molecule has 3 rings (SSSR count). The van der Waals surface area contributed by atoms with Crippen LogP contribution in [0.2, 0.25) is 0 Å². The van der Waals surface area contributed by atoms with Crippen molar-refractivity contribution in [1.82, 2.24) is 9.80 Å². The van der Waals surface area contributed by atoms with E-state index in [4.69, 9.17) is 4.74 Å². The summed E-state index contributed by atoms with van der Waals surface area (Å²) in [5, 5.41) is 0. The second kappa shape index (κ2) is 9.56. The smallest absolute Gasteiger partial charge is 0.387 e. The van der Waals surface area contributed by atoms with Crippen LogP contribution in [0.4, 0.5) is 8.78 Å². The van der Waals surface area contributed by atoms with Crippen molar-refractivity contribution in [2.45, 2.75) is 20.5 Å². The number of halogens is 2. The summed E-state index contributed by atoms with van der Waals surface area (Å²) in [4.78, 5) is 28.4. The van der Waals surface area contributed by atoms with E-state index < -0.39 is 12.5 Å². The second-order valence-electron chi connectivity index (χ2n) is 7.11. The zero-order valence-electron chi connectivity index (χ0n) is 16.9. The Bertz CT molecular complexity index is 912. The molecule has 2 amide bonds. The molecular formula is C22H24F2N2O4.